The lowest BCUT2D eigenvalue weighted by Gasteiger charge is -2.49. The van der Waals surface area contributed by atoms with Gasteiger partial charge in [0.05, 0.1) is 25.2 Å². The fourth-order valence-corrected chi connectivity index (χ4v) is 10.6. The van der Waals surface area contributed by atoms with E-state index in [2.05, 4.69) is 20.8 Å². The summed E-state index contributed by atoms with van der Waals surface area (Å²) in [5.74, 6) is -3.12. The summed E-state index contributed by atoms with van der Waals surface area (Å²) in [6.45, 7) is 4.30. The third-order valence-electron chi connectivity index (χ3n) is 10.2. The molecule has 2 atom stereocenters. The number of aromatic nitrogens is 1. The number of aliphatic hydroxyl groups excluding tert-OH is 1. The van der Waals surface area contributed by atoms with Crippen LogP contribution in [0.5, 0.6) is 5.75 Å². The highest BCUT2D eigenvalue weighted by atomic mass is 32.2. The van der Waals surface area contributed by atoms with E-state index in [1.807, 2.05) is 91.0 Å². The van der Waals surface area contributed by atoms with Crippen molar-refractivity contribution in [1.29, 1.82) is 0 Å². The minimum atomic E-state index is -3.90. The van der Waals surface area contributed by atoms with Crippen molar-refractivity contribution in [2.24, 2.45) is 5.16 Å². The lowest BCUT2D eigenvalue weighted by molar-refractivity contribution is -0.153. The summed E-state index contributed by atoms with van der Waals surface area (Å²) in [6, 6.07) is 33.5. The number of sulfone groups is 1. The molecule has 3 N–H and O–H groups in total. The van der Waals surface area contributed by atoms with Crippen LogP contribution in [0.2, 0.25) is 0 Å². The van der Waals surface area contributed by atoms with Crippen LogP contribution < -0.4 is 15.4 Å². The zero-order chi connectivity index (χ0) is 47.1. The molecule has 2 aliphatic rings. The summed E-state index contributed by atoms with van der Waals surface area (Å²) in [5.41, 5.74) is -0.0981. The smallest absolute Gasteiger partial charge is 0.413 e. The Labute approximate surface area is 389 Å². The molecular weight excluding hydrogens is 907 g/mol. The van der Waals surface area contributed by atoms with Crippen molar-refractivity contribution < 1.29 is 51.8 Å². The SMILES string of the molecule is COc1ccc(COC(=O)C2=C(CS(=O)(=O)CCO)CS[C@@H]3C(NC(=O)/C(=N\OC(c4ccccc4)(c4ccccc4)c4ccccc4)c4csc(NC(=O)OC(C)(C)C)n4)C(=O)N23)cc1. The van der Waals surface area contributed by atoms with Crippen molar-refractivity contribution in [2.75, 3.05) is 36.3 Å². The molecule has 7 rings (SSSR count). The average molecular weight is 954 g/mol. The number of thioether (sulfide) groups is 1. The Kier molecular flexibility index (Phi) is 14.6. The molecule has 0 aliphatic carbocycles. The molecule has 0 bridgehead atoms. The maximum atomic E-state index is 14.7. The summed E-state index contributed by atoms with van der Waals surface area (Å²) in [7, 11) is -2.38. The number of rotatable bonds is 17. The summed E-state index contributed by atoms with van der Waals surface area (Å²) in [6.07, 6.45) is -0.775. The van der Waals surface area contributed by atoms with Crippen LogP contribution in [0.1, 0.15) is 48.7 Å². The molecule has 19 heteroatoms. The first-order chi connectivity index (χ1) is 31.6. The van der Waals surface area contributed by atoms with Gasteiger partial charge in [0.15, 0.2) is 20.7 Å². The van der Waals surface area contributed by atoms with Gasteiger partial charge in [-0.05, 0) is 44.0 Å². The molecule has 1 aromatic heterocycles. The predicted octanol–water partition coefficient (Wildman–Crippen LogP) is 6.02. The van der Waals surface area contributed by atoms with Crippen molar-refractivity contribution in [3.05, 3.63) is 160 Å². The Morgan fingerprint density at radius 1 is 0.894 bits per heavy atom. The van der Waals surface area contributed by atoms with Crippen LogP contribution in [0, 0.1) is 0 Å². The molecule has 344 valence electrons. The largest absolute Gasteiger partial charge is 0.497 e. The molecule has 4 aromatic carbocycles. The first-order valence-corrected chi connectivity index (χ1v) is 24.3. The van der Waals surface area contributed by atoms with E-state index in [4.69, 9.17) is 19.0 Å². The van der Waals surface area contributed by atoms with Crippen molar-refractivity contribution in [3.63, 3.8) is 0 Å². The molecule has 5 aromatic rings. The molecule has 66 heavy (non-hydrogen) atoms. The monoisotopic (exact) mass is 953 g/mol. The normalized spacial score (nSPS) is 16.4. The number of hydrogen-bond acceptors (Lipinski definition) is 15. The third-order valence-corrected chi connectivity index (χ3v) is 13.9. The summed E-state index contributed by atoms with van der Waals surface area (Å²) >= 11 is 2.14. The van der Waals surface area contributed by atoms with E-state index in [-0.39, 0.29) is 40.2 Å². The first-order valence-electron chi connectivity index (χ1n) is 20.6. The molecule has 0 saturated carbocycles. The van der Waals surface area contributed by atoms with Gasteiger partial charge in [0.1, 0.15) is 40.8 Å². The van der Waals surface area contributed by atoms with E-state index in [1.54, 1.807) is 45.0 Å². The lowest BCUT2D eigenvalue weighted by atomic mass is 9.80. The highest BCUT2D eigenvalue weighted by Gasteiger charge is 2.55. The third kappa shape index (κ3) is 10.8. The highest BCUT2D eigenvalue weighted by molar-refractivity contribution is 8.00. The quantitative estimate of drug-likeness (QED) is 0.0321. The molecule has 1 unspecified atom stereocenters. The molecular formula is C47H47N5O11S3. The molecule has 0 spiro atoms. The van der Waals surface area contributed by atoms with Crippen molar-refractivity contribution >= 4 is 67.7 Å². The predicted molar refractivity (Wildman–Crippen MR) is 249 cm³/mol. The number of β-lactam (4-membered cyclic amide) rings is 1. The van der Waals surface area contributed by atoms with E-state index < -0.39 is 74.4 Å². The van der Waals surface area contributed by atoms with Crippen LogP contribution in [-0.2, 0) is 50.7 Å². The van der Waals surface area contributed by atoms with Gasteiger partial charge in [-0.1, -0.05) is 108 Å². The number of amides is 3. The van der Waals surface area contributed by atoms with Crippen LogP contribution in [0.15, 0.2) is 137 Å². The highest BCUT2D eigenvalue weighted by Crippen LogP contribution is 2.43. The number of ether oxygens (including phenoxy) is 3. The minimum absolute atomic E-state index is 0.00867. The maximum absolute atomic E-state index is 14.7. The van der Waals surface area contributed by atoms with E-state index in [0.29, 0.717) is 28.0 Å². The number of anilines is 1. The van der Waals surface area contributed by atoms with Gasteiger partial charge in [0.2, 0.25) is 5.60 Å². The van der Waals surface area contributed by atoms with Gasteiger partial charge < -0.3 is 29.5 Å². The van der Waals surface area contributed by atoms with E-state index in [1.165, 1.54) is 12.5 Å². The molecule has 3 amide bonds. The Balaban J connectivity index is 1.24. The fourth-order valence-electron chi connectivity index (χ4n) is 7.23. The summed E-state index contributed by atoms with van der Waals surface area (Å²) in [4.78, 5) is 67.8. The Hall–Kier alpha value is -6.54. The molecule has 0 radical (unpaired) electrons. The van der Waals surface area contributed by atoms with Crippen molar-refractivity contribution in [2.45, 2.75) is 50.0 Å². The number of carbonyl (C=O) groups is 4. The number of oxime groups is 1. The molecule has 3 heterocycles. The van der Waals surface area contributed by atoms with Gasteiger partial charge in [-0.15, -0.1) is 23.1 Å². The Morgan fingerprint density at radius 3 is 2.03 bits per heavy atom. The van der Waals surface area contributed by atoms with Crippen LogP contribution >= 0.6 is 23.1 Å². The Bertz CT molecular complexity index is 2630. The average Bonchev–Trinajstić information content (AvgIpc) is 3.76. The van der Waals surface area contributed by atoms with Crippen LogP contribution in [-0.4, -0.2) is 101 Å². The number of fused-ring (bicyclic) bond motifs is 1. The van der Waals surface area contributed by atoms with Gasteiger partial charge in [0.25, 0.3) is 11.8 Å². The fraction of sp³-hybridized carbons (Fsp3) is 0.277. The van der Waals surface area contributed by atoms with Gasteiger partial charge in [-0.2, -0.15) is 0 Å². The van der Waals surface area contributed by atoms with Gasteiger partial charge in [-0.3, -0.25) is 19.8 Å². The van der Waals surface area contributed by atoms with E-state index in [0.717, 1.165) is 28.0 Å². The van der Waals surface area contributed by atoms with Gasteiger partial charge in [-0.25, -0.2) is 23.0 Å². The van der Waals surface area contributed by atoms with Crippen molar-refractivity contribution in [3.8, 4) is 5.75 Å². The van der Waals surface area contributed by atoms with Gasteiger partial charge in [0, 0.05) is 27.8 Å². The summed E-state index contributed by atoms with van der Waals surface area (Å²) < 4.78 is 42.1. The number of nitrogens with zero attached hydrogens (tertiary/aromatic N) is 3. The van der Waals surface area contributed by atoms with Gasteiger partial charge >= 0.3 is 12.1 Å². The Morgan fingerprint density at radius 2 is 1.48 bits per heavy atom. The van der Waals surface area contributed by atoms with E-state index in [9.17, 15) is 32.7 Å². The first kappa shape index (κ1) is 47.4. The van der Waals surface area contributed by atoms with Crippen LogP contribution in [0.25, 0.3) is 0 Å². The number of aliphatic hydroxyl groups is 1. The topological polar surface area (TPSA) is 212 Å². The standard InChI is InChI=1S/C47H47N5O11S3/c1-46(2,3)62-45(57)50-44-48-36(28-65-44)37(51-63-47(32-14-8-5-9-15-32,33-16-10-6-11-17-33)34-18-12-7-13-19-34)40(54)49-38-41(55)52-39(31(27-64-42(38)52)29-66(58,59)25-24-53)43(56)61-26-30-20-22-35(60-4)23-21-30/h5-23,28,38,42,53H,24-27,29H2,1-4H3,(H,49,54)(H,48,50,57)/b51-37-/t38?,42-/m1/s1. The maximum Gasteiger partial charge on any atom is 0.413 e. The lowest BCUT2D eigenvalue weighted by Crippen LogP contribution is -2.71. The second-order valence-corrected chi connectivity index (χ2v) is 20.2. The second kappa shape index (κ2) is 20.3. The number of benzene rings is 4. The van der Waals surface area contributed by atoms with Crippen molar-refractivity contribution in [1.82, 2.24) is 15.2 Å². The summed E-state index contributed by atoms with van der Waals surface area (Å²) in [5, 5.41) is 20.0. The molecule has 1 saturated heterocycles. The number of carbonyl (C=O) groups excluding carboxylic acids is 4. The number of esters is 1. The second-order valence-electron chi connectivity index (χ2n) is 16.0. The number of nitrogens with one attached hydrogen (secondary N) is 2. The molecule has 2 aliphatic heterocycles. The number of hydrogen-bond donors (Lipinski definition) is 3. The minimum Gasteiger partial charge on any atom is -0.497 e. The van der Waals surface area contributed by atoms with Crippen LogP contribution in [0.3, 0.4) is 0 Å². The number of methoxy groups -OCH3 is 1. The van der Waals surface area contributed by atoms with E-state index >= 15 is 0 Å². The zero-order valence-corrected chi connectivity index (χ0v) is 38.8. The zero-order valence-electron chi connectivity index (χ0n) is 36.3. The molecule has 16 nitrogen and oxygen atoms in total. The van der Waals surface area contributed by atoms with Crippen LogP contribution in [0.4, 0.5) is 9.93 Å². The molecule has 1 fully saturated rings. The number of thiazole rings is 1.